The van der Waals surface area contributed by atoms with E-state index < -0.39 is 28.3 Å². The van der Waals surface area contributed by atoms with Crippen molar-refractivity contribution in [2.45, 2.75) is 45.9 Å². The highest BCUT2D eigenvalue weighted by molar-refractivity contribution is 6.46. The van der Waals surface area contributed by atoms with Gasteiger partial charge in [-0.1, -0.05) is 48.0 Å². The molecule has 0 spiro atoms. The van der Waals surface area contributed by atoms with Gasteiger partial charge in [-0.3, -0.25) is 19.7 Å². The van der Waals surface area contributed by atoms with Gasteiger partial charge in [0.15, 0.2) is 0 Å². The van der Waals surface area contributed by atoms with Crippen molar-refractivity contribution in [2.75, 3.05) is 0 Å². The van der Waals surface area contributed by atoms with E-state index in [0.29, 0.717) is 16.9 Å². The molecule has 1 aliphatic heterocycles. The number of benzene rings is 3. The van der Waals surface area contributed by atoms with E-state index in [2.05, 4.69) is 0 Å². The fourth-order valence-corrected chi connectivity index (χ4v) is 4.37. The van der Waals surface area contributed by atoms with Crippen LogP contribution in [0.25, 0.3) is 5.76 Å². The number of likely N-dealkylation sites (tertiary alicyclic amines) is 1. The van der Waals surface area contributed by atoms with Gasteiger partial charge in [-0.05, 0) is 51.5 Å². The van der Waals surface area contributed by atoms with Gasteiger partial charge in [-0.2, -0.15) is 0 Å². The number of aryl methyl sites for hydroxylation is 1. The molecule has 4 rings (SSSR count). The minimum absolute atomic E-state index is 0.0707. The summed E-state index contributed by atoms with van der Waals surface area (Å²) in [5, 5.41) is 22.3. The van der Waals surface area contributed by atoms with Crippen LogP contribution in [-0.4, -0.2) is 32.2 Å². The second-order valence-corrected chi connectivity index (χ2v) is 9.97. The lowest BCUT2D eigenvalue weighted by molar-refractivity contribution is -0.384. The van der Waals surface area contributed by atoms with E-state index in [1.165, 1.54) is 29.2 Å². The van der Waals surface area contributed by atoms with Crippen molar-refractivity contribution in [1.82, 2.24) is 4.90 Å². The smallest absolute Gasteiger partial charge is 0.295 e. The Labute approximate surface area is 215 Å². The number of nitrogens with zero attached hydrogens (tertiary/aromatic N) is 2. The van der Waals surface area contributed by atoms with Crippen molar-refractivity contribution < 1.29 is 24.4 Å². The molecule has 1 fully saturated rings. The Bertz CT molecular complexity index is 1400. The second-order valence-electron chi connectivity index (χ2n) is 9.97. The van der Waals surface area contributed by atoms with Gasteiger partial charge in [0.2, 0.25) is 0 Å². The van der Waals surface area contributed by atoms with Gasteiger partial charge in [0.25, 0.3) is 17.4 Å². The second kappa shape index (κ2) is 9.89. The molecule has 0 radical (unpaired) electrons. The number of rotatable bonds is 6. The minimum Gasteiger partial charge on any atom is -0.507 e. The van der Waals surface area contributed by atoms with Gasteiger partial charge in [-0.25, -0.2) is 0 Å². The van der Waals surface area contributed by atoms with E-state index in [0.717, 1.165) is 5.56 Å². The summed E-state index contributed by atoms with van der Waals surface area (Å²) in [5.74, 6) is -1.37. The number of carbonyl (C=O) groups excluding carboxylic acids is 2. The molecule has 0 saturated carbocycles. The fourth-order valence-electron chi connectivity index (χ4n) is 4.37. The predicted octanol–water partition coefficient (Wildman–Crippen LogP) is 5.70. The molecule has 1 saturated heterocycles. The van der Waals surface area contributed by atoms with Crippen LogP contribution in [0.1, 0.15) is 49.1 Å². The molecular formula is C29H28N2O6. The zero-order chi connectivity index (χ0) is 26.9. The average molecular weight is 501 g/mol. The van der Waals surface area contributed by atoms with Gasteiger partial charge in [0.05, 0.1) is 23.1 Å². The topological polar surface area (TPSA) is 110 Å². The molecule has 1 aliphatic rings. The van der Waals surface area contributed by atoms with Gasteiger partial charge in [0, 0.05) is 23.3 Å². The highest BCUT2D eigenvalue weighted by atomic mass is 16.6. The molecule has 1 amide bonds. The highest BCUT2D eigenvalue weighted by Gasteiger charge is 2.46. The van der Waals surface area contributed by atoms with E-state index >= 15 is 0 Å². The van der Waals surface area contributed by atoms with Crippen LogP contribution < -0.4 is 4.74 Å². The lowest BCUT2D eigenvalue weighted by Gasteiger charge is -2.28. The summed E-state index contributed by atoms with van der Waals surface area (Å²) in [5.41, 5.74) is 1.81. The van der Waals surface area contributed by atoms with Crippen LogP contribution in [0.2, 0.25) is 0 Å². The summed E-state index contributed by atoms with van der Waals surface area (Å²) < 4.78 is 6.10. The molecule has 3 aromatic rings. The quantitative estimate of drug-likeness (QED) is 0.153. The number of nitro benzene ring substituents is 1. The molecule has 1 heterocycles. The number of ketones is 1. The van der Waals surface area contributed by atoms with Gasteiger partial charge < -0.3 is 14.7 Å². The van der Waals surface area contributed by atoms with Crippen LogP contribution in [0.5, 0.6) is 5.75 Å². The standard InChI is InChI=1S/C29H28N2O6/c1-18-8-7-10-20(16-18)25-24(26(32)19-12-14-22(15-13-19)31(35)36)27(33)28(34)30(25)17-21-9-5-6-11-23(21)37-29(2,3)4/h5-16,25,32H,17H2,1-4H3/b26-24-. The van der Waals surface area contributed by atoms with Crippen molar-refractivity contribution in [1.29, 1.82) is 0 Å². The third-order valence-electron chi connectivity index (χ3n) is 5.98. The van der Waals surface area contributed by atoms with Crippen LogP contribution in [0.4, 0.5) is 5.69 Å². The predicted molar refractivity (Wildman–Crippen MR) is 139 cm³/mol. The Kier molecular flexibility index (Phi) is 6.85. The maximum Gasteiger partial charge on any atom is 0.295 e. The largest absolute Gasteiger partial charge is 0.507 e. The number of aliphatic hydroxyl groups excluding tert-OH is 1. The first kappa shape index (κ1) is 25.6. The summed E-state index contributed by atoms with van der Waals surface area (Å²) in [7, 11) is 0. The van der Waals surface area contributed by atoms with Crippen LogP contribution in [0.15, 0.2) is 78.4 Å². The number of nitro groups is 1. The van der Waals surface area contributed by atoms with Crippen LogP contribution in [0.3, 0.4) is 0 Å². The molecule has 37 heavy (non-hydrogen) atoms. The molecule has 0 aromatic heterocycles. The number of amides is 1. The van der Waals surface area contributed by atoms with Gasteiger partial charge in [0.1, 0.15) is 17.1 Å². The van der Waals surface area contributed by atoms with Crippen LogP contribution >= 0.6 is 0 Å². The molecule has 3 aromatic carbocycles. The third kappa shape index (κ3) is 5.38. The molecule has 190 valence electrons. The summed E-state index contributed by atoms with van der Waals surface area (Å²) in [6, 6.07) is 19.1. The van der Waals surface area contributed by atoms with Gasteiger partial charge in [-0.15, -0.1) is 0 Å². The number of para-hydroxylation sites is 1. The maximum atomic E-state index is 13.4. The molecule has 0 bridgehead atoms. The van der Waals surface area contributed by atoms with E-state index in [9.17, 15) is 24.8 Å². The Morgan fingerprint density at radius 1 is 1.03 bits per heavy atom. The zero-order valence-electron chi connectivity index (χ0n) is 21.1. The summed E-state index contributed by atoms with van der Waals surface area (Å²) in [6.45, 7) is 7.75. The average Bonchev–Trinajstić information content (AvgIpc) is 3.09. The lowest BCUT2D eigenvalue weighted by atomic mass is 9.94. The number of carbonyl (C=O) groups is 2. The van der Waals surface area contributed by atoms with Crippen molar-refractivity contribution in [3.63, 3.8) is 0 Å². The molecule has 0 aliphatic carbocycles. The number of aliphatic hydroxyl groups is 1. The van der Waals surface area contributed by atoms with Crippen molar-refractivity contribution >= 4 is 23.1 Å². The van der Waals surface area contributed by atoms with Crippen molar-refractivity contribution in [3.05, 3.63) is 111 Å². The van der Waals surface area contributed by atoms with Gasteiger partial charge >= 0.3 is 0 Å². The van der Waals surface area contributed by atoms with E-state index in [1.54, 1.807) is 6.07 Å². The SMILES string of the molecule is Cc1cccc(C2/C(=C(/O)c3ccc([N+](=O)[O-])cc3)C(=O)C(=O)N2Cc2ccccc2OC(C)(C)C)c1. The Morgan fingerprint density at radius 2 is 1.70 bits per heavy atom. The van der Waals surface area contributed by atoms with E-state index in [4.69, 9.17) is 4.74 Å². The molecule has 1 N–H and O–H groups in total. The van der Waals surface area contributed by atoms with E-state index in [1.807, 2.05) is 70.2 Å². The molecular weight excluding hydrogens is 472 g/mol. The molecule has 8 heteroatoms. The third-order valence-corrected chi connectivity index (χ3v) is 5.98. The Morgan fingerprint density at radius 3 is 2.32 bits per heavy atom. The number of ether oxygens (including phenoxy) is 1. The normalized spacial score (nSPS) is 17.2. The highest BCUT2D eigenvalue weighted by Crippen LogP contribution is 2.41. The first-order chi connectivity index (χ1) is 17.5. The number of hydrogen-bond donors (Lipinski definition) is 1. The molecule has 8 nitrogen and oxygen atoms in total. The minimum atomic E-state index is -0.863. The fraction of sp³-hybridized carbons (Fsp3) is 0.241. The Balaban J connectivity index is 1.84. The van der Waals surface area contributed by atoms with Crippen LogP contribution in [-0.2, 0) is 16.1 Å². The van der Waals surface area contributed by atoms with Crippen molar-refractivity contribution in [3.8, 4) is 5.75 Å². The Hall–Kier alpha value is -4.46. The summed E-state index contributed by atoms with van der Waals surface area (Å²) in [6.07, 6.45) is 0. The number of Topliss-reactive ketones (excluding diaryl/α,β-unsaturated/α-hetero) is 1. The number of hydrogen-bond acceptors (Lipinski definition) is 6. The number of non-ortho nitro benzene ring substituents is 1. The first-order valence-corrected chi connectivity index (χ1v) is 11.8. The first-order valence-electron chi connectivity index (χ1n) is 11.8. The monoisotopic (exact) mass is 500 g/mol. The maximum absolute atomic E-state index is 13.4. The summed E-state index contributed by atoms with van der Waals surface area (Å²) in [4.78, 5) is 38.6. The van der Waals surface area contributed by atoms with E-state index in [-0.39, 0.29) is 29.1 Å². The van der Waals surface area contributed by atoms with Crippen molar-refractivity contribution in [2.24, 2.45) is 0 Å². The van der Waals surface area contributed by atoms with Crippen LogP contribution in [0, 0.1) is 17.0 Å². The molecule has 1 atom stereocenters. The molecule has 1 unspecified atom stereocenters. The zero-order valence-corrected chi connectivity index (χ0v) is 21.1. The summed E-state index contributed by atoms with van der Waals surface area (Å²) >= 11 is 0. The lowest BCUT2D eigenvalue weighted by Crippen LogP contribution is -2.30.